The van der Waals surface area contributed by atoms with Crippen LogP contribution in [-0.4, -0.2) is 21.5 Å². The molecule has 0 aliphatic heterocycles. The molecule has 0 atom stereocenters. The van der Waals surface area contributed by atoms with Crippen molar-refractivity contribution in [1.29, 1.82) is 0 Å². The Morgan fingerprint density at radius 1 is 1.21 bits per heavy atom. The van der Waals surface area contributed by atoms with Crippen LogP contribution in [0.5, 0.6) is 0 Å². The molecule has 0 aliphatic rings. The van der Waals surface area contributed by atoms with Crippen LogP contribution < -0.4 is 5.32 Å². The van der Waals surface area contributed by atoms with Crippen molar-refractivity contribution in [1.82, 2.24) is 15.0 Å². The fraction of sp³-hybridized carbons (Fsp3) is 0.500. The molecule has 4 nitrogen and oxygen atoms in total. The standard InChI is InChI=1S/C14H20N4S/c1-6-15-12-11(8(2)3)10(5)17-13(18-12)14-16-9(4)7-19-14/h7-8H,6H2,1-5H3,(H,15,17,18). The summed E-state index contributed by atoms with van der Waals surface area (Å²) in [6.45, 7) is 11.3. The minimum absolute atomic E-state index is 0.404. The third-order valence-electron chi connectivity index (χ3n) is 2.87. The highest BCUT2D eigenvalue weighted by atomic mass is 32.1. The summed E-state index contributed by atoms with van der Waals surface area (Å²) in [4.78, 5) is 13.7. The zero-order chi connectivity index (χ0) is 14.0. The molecule has 19 heavy (non-hydrogen) atoms. The summed E-state index contributed by atoms with van der Waals surface area (Å²) < 4.78 is 0. The van der Waals surface area contributed by atoms with E-state index >= 15 is 0 Å². The van der Waals surface area contributed by atoms with Crippen molar-refractivity contribution in [3.05, 3.63) is 22.3 Å². The van der Waals surface area contributed by atoms with E-state index in [0.29, 0.717) is 5.92 Å². The van der Waals surface area contributed by atoms with Gasteiger partial charge in [-0.1, -0.05) is 13.8 Å². The third kappa shape index (κ3) is 2.92. The Bertz CT molecular complexity index is 575. The first kappa shape index (κ1) is 13.9. The largest absolute Gasteiger partial charge is 0.370 e. The van der Waals surface area contributed by atoms with Gasteiger partial charge in [-0.3, -0.25) is 0 Å². The highest BCUT2D eigenvalue weighted by Crippen LogP contribution is 2.29. The lowest BCUT2D eigenvalue weighted by Crippen LogP contribution is -2.09. The molecule has 2 aromatic heterocycles. The first-order chi connectivity index (χ1) is 9.02. The molecule has 2 aromatic rings. The summed E-state index contributed by atoms with van der Waals surface area (Å²) in [5.74, 6) is 2.06. The highest BCUT2D eigenvalue weighted by Gasteiger charge is 2.16. The summed E-state index contributed by atoms with van der Waals surface area (Å²) in [6.07, 6.45) is 0. The molecule has 0 saturated heterocycles. The molecule has 0 bridgehead atoms. The second-order valence-electron chi connectivity index (χ2n) is 4.87. The number of aromatic nitrogens is 3. The third-order valence-corrected chi connectivity index (χ3v) is 3.82. The second kappa shape index (κ2) is 5.65. The number of nitrogens with zero attached hydrogens (tertiary/aromatic N) is 3. The van der Waals surface area contributed by atoms with Crippen LogP contribution in [0.4, 0.5) is 5.82 Å². The molecule has 0 spiro atoms. The number of rotatable bonds is 4. The molecule has 0 radical (unpaired) electrons. The van der Waals surface area contributed by atoms with E-state index in [1.807, 2.05) is 19.2 Å². The number of aryl methyl sites for hydroxylation is 2. The highest BCUT2D eigenvalue weighted by molar-refractivity contribution is 7.13. The van der Waals surface area contributed by atoms with Crippen molar-refractivity contribution >= 4 is 17.2 Å². The number of hydrogen-bond donors (Lipinski definition) is 1. The van der Waals surface area contributed by atoms with Crippen LogP contribution in [0.1, 0.15) is 43.6 Å². The quantitative estimate of drug-likeness (QED) is 0.923. The van der Waals surface area contributed by atoms with E-state index in [9.17, 15) is 0 Å². The molecule has 0 aromatic carbocycles. The Morgan fingerprint density at radius 2 is 1.95 bits per heavy atom. The maximum absolute atomic E-state index is 4.65. The maximum Gasteiger partial charge on any atom is 0.190 e. The van der Waals surface area contributed by atoms with Gasteiger partial charge in [0, 0.05) is 28.9 Å². The Labute approximate surface area is 118 Å². The fourth-order valence-electron chi connectivity index (χ4n) is 2.13. The summed E-state index contributed by atoms with van der Waals surface area (Å²) in [5, 5.41) is 6.25. The van der Waals surface area contributed by atoms with Crippen LogP contribution in [0.25, 0.3) is 10.8 Å². The van der Waals surface area contributed by atoms with Crippen molar-refractivity contribution in [2.45, 2.75) is 40.5 Å². The van der Waals surface area contributed by atoms with Gasteiger partial charge in [0.25, 0.3) is 0 Å². The van der Waals surface area contributed by atoms with Gasteiger partial charge in [-0.2, -0.15) is 0 Å². The first-order valence-electron chi connectivity index (χ1n) is 6.57. The zero-order valence-electron chi connectivity index (χ0n) is 12.1. The number of hydrogen-bond acceptors (Lipinski definition) is 5. The van der Waals surface area contributed by atoms with E-state index in [2.05, 4.69) is 41.0 Å². The molecular formula is C14H20N4S. The van der Waals surface area contributed by atoms with Gasteiger partial charge >= 0.3 is 0 Å². The van der Waals surface area contributed by atoms with Crippen LogP contribution in [0, 0.1) is 13.8 Å². The topological polar surface area (TPSA) is 50.7 Å². The van der Waals surface area contributed by atoms with Crippen LogP contribution in [0.15, 0.2) is 5.38 Å². The van der Waals surface area contributed by atoms with Crippen LogP contribution >= 0.6 is 11.3 Å². The fourth-order valence-corrected chi connectivity index (χ4v) is 2.86. The van der Waals surface area contributed by atoms with Crippen molar-refractivity contribution in [2.24, 2.45) is 0 Å². The summed E-state index contributed by atoms with van der Waals surface area (Å²) in [7, 11) is 0. The average molecular weight is 276 g/mol. The van der Waals surface area contributed by atoms with Gasteiger partial charge in [-0.25, -0.2) is 15.0 Å². The summed E-state index contributed by atoms with van der Waals surface area (Å²) in [5.41, 5.74) is 3.24. The molecule has 0 unspecified atom stereocenters. The van der Waals surface area contributed by atoms with Gasteiger partial charge in [0.05, 0.1) is 0 Å². The van der Waals surface area contributed by atoms with E-state index < -0.39 is 0 Å². The molecule has 102 valence electrons. The van der Waals surface area contributed by atoms with Gasteiger partial charge in [0.15, 0.2) is 10.8 Å². The monoisotopic (exact) mass is 276 g/mol. The van der Waals surface area contributed by atoms with Gasteiger partial charge in [0.2, 0.25) is 0 Å². The van der Waals surface area contributed by atoms with E-state index in [0.717, 1.165) is 34.6 Å². The van der Waals surface area contributed by atoms with Crippen LogP contribution in [-0.2, 0) is 0 Å². The van der Waals surface area contributed by atoms with Crippen molar-refractivity contribution in [3.8, 4) is 10.8 Å². The minimum atomic E-state index is 0.404. The number of thiazole rings is 1. The second-order valence-corrected chi connectivity index (χ2v) is 5.73. The lowest BCUT2D eigenvalue weighted by molar-refractivity contribution is 0.831. The van der Waals surface area contributed by atoms with Crippen molar-refractivity contribution in [3.63, 3.8) is 0 Å². The molecule has 0 fully saturated rings. The van der Waals surface area contributed by atoms with Gasteiger partial charge in [0.1, 0.15) is 5.82 Å². The molecule has 2 rings (SSSR count). The summed E-state index contributed by atoms with van der Waals surface area (Å²) in [6, 6.07) is 0. The Morgan fingerprint density at radius 3 is 2.47 bits per heavy atom. The minimum Gasteiger partial charge on any atom is -0.370 e. The molecule has 2 heterocycles. The van der Waals surface area contributed by atoms with Crippen molar-refractivity contribution in [2.75, 3.05) is 11.9 Å². The van der Waals surface area contributed by atoms with E-state index in [1.165, 1.54) is 5.56 Å². The Hall–Kier alpha value is -1.49. The smallest absolute Gasteiger partial charge is 0.190 e. The van der Waals surface area contributed by atoms with E-state index in [-0.39, 0.29) is 0 Å². The zero-order valence-corrected chi connectivity index (χ0v) is 12.9. The van der Waals surface area contributed by atoms with Crippen molar-refractivity contribution < 1.29 is 0 Å². The van der Waals surface area contributed by atoms with Gasteiger partial charge in [-0.15, -0.1) is 11.3 Å². The Balaban J connectivity index is 2.53. The first-order valence-corrected chi connectivity index (χ1v) is 7.45. The van der Waals surface area contributed by atoms with Gasteiger partial charge in [-0.05, 0) is 26.7 Å². The number of anilines is 1. The molecule has 0 saturated carbocycles. The SMILES string of the molecule is CCNc1nc(-c2nc(C)cs2)nc(C)c1C(C)C. The normalized spacial score (nSPS) is 11.1. The maximum atomic E-state index is 4.65. The Kier molecular flexibility index (Phi) is 4.14. The lowest BCUT2D eigenvalue weighted by Gasteiger charge is -2.15. The number of nitrogens with one attached hydrogen (secondary N) is 1. The summed E-state index contributed by atoms with van der Waals surface area (Å²) >= 11 is 1.59. The predicted molar refractivity (Wildman–Crippen MR) is 80.9 cm³/mol. The molecular weight excluding hydrogens is 256 g/mol. The average Bonchev–Trinajstić information content (AvgIpc) is 2.75. The molecule has 1 N–H and O–H groups in total. The van der Waals surface area contributed by atoms with Crippen LogP contribution in [0.3, 0.4) is 0 Å². The molecule has 0 aliphatic carbocycles. The van der Waals surface area contributed by atoms with Crippen LogP contribution in [0.2, 0.25) is 0 Å². The van der Waals surface area contributed by atoms with E-state index in [1.54, 1.807) is 11.3 Å². The predicted octanol–water partition coefficient (Wildman–Crippen LogP) is 3.77. The molecule has 5 heteroatoms. The lowest BCUT2D eigenvalue weighted by atomic mass is 10.0. The van der Waals surface area contributed by atoms with E-state index in [4.69, 9.17) is 0 Å². The molecule has 0 amide bonds. The van der Waals surface area contributed by atoms with Gasteiger partial charge < -0.3 is 5.32 Å².